The molecule has 116 valence electrons. The fraction of sp³-hybridized carbons (Fsp3) is 0.500. The first-order valence-corrected chi connectivity index (χ1v) is 8.25. The summed E-state index contributed by atoms with van der Waals surface area (Å²) in [5.41, 5.74) is 6.75. The molecule has 2 N–H and O–H groups in total. The largest absolute Gasteiger partial charge is 0.465 e. The van der Waals surface area contributed by atoms with Crippen LogP contribution in [0.2, 0.25) is 0 Å². The molecule has 0 spiro atoms. The molecular formula is C14H20N2O4S. The summed E-state index contributed by atoms with van der Waals surface area (Å²) in [5, 5.41) is 0. The van der Waals surface area contributed by atoms with E-state index < -0.39 is 16.0 Å². The van der Waals surface area contributed by atoms with Crippen molar-refractivity contribution in [3.05, 3.63) is 29.3 Å². The number of benzene rings is 1. The van der Waals surface area contributed by atoms with Crippen molar-refractivity contribution < 1.29 is 17.9 Å². The van der Waals surface area contributed by atoms with Crippen molar-refractivity contribution in [2.45, 2.75) is 30.7 Å². The Kier molecular flexibility index (Phi) is 4.65. The van der Waals surface area contributed by atoms with Crippen LogP contribution >= 0.6 is 0 Å². The van der Waals surface area contributed by atoms with Gasteiger partial charge in [-0.3, -0.25) is 0 Å². The van der Waals surface area contributed by atoms with Gasteiger partial charge in [-0.25, -0.2) is 13.2 Å². The molecule has 1 heterocycles. The van der Waals surface area contributed by atoms with Gasteiger partial charge < -0.3 is 10.5 Å². The lowest BCUT2D eigenvalue weighted by atomic mass is 10.1. The molecule has 1 aliphatic rings. The number of nitrogens with zero attached hydrogens (tertiary/aromatic N) is 1. The van der Waals surface area contributed by atoms with Gasteiger partial charge in [0.15, 0.2) is 0 Å². The van der Waals surface area contributed by atoms with Gasteiger partial charge in [0.1, 0.15) is 0 Å². The summed E-state index contributed by atoms with van der Waals surface area (Å²) in [6, 6.07) is 4.52. The van der Waals surface area contributed by atoms with Crippen LogP contribution in [0.3, 0.4) is 0 Å². The summed E-state index contributed by atoms with van der Waals surface area (Å²) >= 11 is 0. The molecule has 6 nitrogen and oxygen atoms in total. The van der Waals surface area contributed by atoms with Crippen LogP contribution in [-0.4, -0.2) is 44.9 Å². The number of carbonyl (C=O) groups excluding carboxylic acids is 1. The molecule has 0 bridgehead atoms. The Hall–Kier alpha value is -1.44. The van der Waals surface area contributed by atoms with Crippen LogP contribution in [0.25, 0.3) is 0 Å². The first-order chi connectivity index (χ1) is 9.86. The second-order valence-corrected chi connectivity index (χ2v) is 7.15. The van der Waals surface area contributed by atoms with Crippen molar-refractivity contribution in [2.75, 3.05) is 20.2 Å². The number of rotatable bonds is 3. The molecular weight excluding hydrogens is 292 g/mol. The number of nitrogens with two attached hydrogens (primary N) is 1. The Bertz CT molecular complexity index is 634. The van der Waals surface area contributed by atoms with Crippen LogP contribution in [0, 0.1) is 6.92 Å². The van der Waals surface area contributed by atoms with Crippen LogP contribution < -0.4 is 5.73 Å². The van der Waals surface area contributed by atoms with Crippen LogP contribution in [0.4, 0.5) is 0 Å². The van der Waals surface area contributed by atoms with E-state index in [1.165, 1.54) is 29.6 Å². The fourth-order valence-electron chi connectivity index (χ4n) is 2.40. The molecule has 1 fully saturated rings. The Morgan fingerprint density at radius 2 is 1.95 bits per heavy atom. The van der Waals surface area contributed by atoms with Gasteiger partial charge in [0, 0.05) is 19.1 Å². The second-order valence-electron chi connectivity index (χ2n) is 5.21. The molecule has 7 heteroatoms. The maximum Gasteiger partial charge on any atom is 0.338 e. The van der Waals surface area contributed by atoms with E-state index in [1.54, 1.807) is 6.92 Å². The highest BCUT2D eigenvalue weighted by molar-refractivity contribution is 7.89. The average molecular weight is 312 g/mol. The number of hydrogen-bond donors (Lipinski definition) is 1. The predicted octanol–water partition coefficient (Wildman–Crippen LogP) is 0.893. The predicted molar refractivity (Wildman–Crippen MR) is 78.5 cm³/mol. The quantitative estimate of drug-likeness (QED) is 0.837. The highest BCUT2D eigenvalue weighted by Gasteiger charge is 2.28. The summed E-state index contributed by atoms with van der Waals surface area (Å²) in [5.74, 6) is -0.472. The fourth-order valence-corrected chi connectivity index (χ4v) is 3.96. The van der Waals surface area contributed by atoms with Crippen molar-refractivity contribution in [1.29, 1.82) is 0 Å². The lowest BCUT2D eigenvalue weighted by Gasteiger charge is -2.29. The van der Waals surface area contributed by atoms with Crippen molar-refractivity contribution in [2.24, 2.45) is 5.73 Å². The number of carbonyl (C=O) groups is 1. The minimum absolute atomic E-state index is 0.0693. The van der Waals surface area contributed by atoms with Gasteiger partial charge in [0.25, 0.3) is 0 Å². The lowest BCUT2D eigenvalue weighted by Crippen LogP contribution is -2.42. The Balaban J connectivity index is 2.29. The minimum atomic E-state index is -3.53. The first-order valence-electron chi connectivity index (χ1n) is 6.81. The number of hydrogen-bond acceptors (Lipinski definition) is 5. The van der Waals surface area contributed by atoms with Crippen LogP contribution in [0.15, 0.2) is 23.1 Å². The molecule has 0 amide bonds. The third-order valence-corrected chi connectivity index (χ3v) is 5.63. The van der Waals surface area contributed by atoms with E-state index >= 15 is 0 Å². The standard InChI is InChI=1S/C14H20N2O4S/c1-10-9-12(3-4-13(10)14(17)20-2)21(18,19)16-7-5-11(15)6-8-16/h3-4,9,11H,5-8,15H2,1-2H3. The molecule has 21 heavy (non-hydrogen) atoms. The molecule has 0 unspecified atom stereocenters. The van der Waals surface area contributed by atoms with E-state index in [0.29, 0.717) is 37.1 Å². The van der Waals surface area contributed by atoms with Crippen molar-refractivity contribution in [3.8, 4) is 0 Å². The summed E-state index contributed by atoms with van der Waals surface area (Å²) in [4.78, 5) is 11.7. The number of piperidine rings is 1. The van der Waals surface area contributed by atoms with E-state index in [1.807, 2.05) is 0 Å². The molecule has 2 rings (SSSR count). The van der Waals surface area contributed by atoms with Gasteiger partial charge in [-0.1, -0.05) is 0 Å². The van der Waals surface area contributed by atoms with Gasteiger partial charge in [-0.2, -0.15) is 4.31 Å². The summed E-state index contributed by atoms with van der Waals surface area (Å²) in [6.07, 6.45) is 1.33. The summed E-state index contributed by atoms with van der Waals surface area (Å²) < 4.78 is 31.2. The minimum Gasteiger partial charge on any atom is -0.465 e. The highest BCUT2D eigenvalue weighted by Crippen LogP contribution is 2.22. The van der Waals surface area contributed by atoms with Crippen LogP contribution in [0.1, 0.15) is 28.8 Å². The van der Waals surface area contributed by atoms with Crippen molar-refractivity contribution in [3.63, 3.8) is 0 Å². The third kappa shape index (κ3) is 3.25. The third-order valence-electron chi connectivity index (χ3n) is 3.74. The molecule has 1 aliphatic heterocycles. The van der Waals surface area contributed by atoms with Gasteiger partial charge >= 0.3 is 5.97 Å². The van der Waals surface area contributed by atoms with Crippen molar-refractivity contribution >= 4 is 16.0 Å². The van der Waals surface area contributed by atoms with Gasteiger partial charge in [0.05, 0.1) is 17.6 Å². The molecule has 1 aromatic carbocycles. The average Bonchev–Trinajstić information content (AvgIpc) is 2.46. The Morgan fingerprint density at radius 1 is 1.33 bits per heavy atom. The molecule has 1 aromatic rings. The summed E-state index contributed by atoms with van der Waals surface area (Å²) in [7, 11) is -2.24. The van der Waals surface area contributed by atoms with E-state index in [-0.39, 0.29) is 10.9 Å². The maximum atomic E-state index is 12.6. The topological polar surface area (TPSA) is 89.7 Å². The highest BCUT2D eigenvalue weighted by atomic mass is 32.2. The van der Waals surface area contributed by atoms with Crippen molar-refractivity contribution in [1.82, 2.24) is 4.31 Å². The monoisotopic (exact) mass is 312 g/mol. The van der Waals surface area contributed by atoms with E-state index in [0.717, 1.165) is 0 Å². The van der Waals surface area contributed by atoms with Gasteiger partial charge in [-0.15, -0.1) is 0 Å². The smallest absolute Gasteiger partial charge is 0.338 e. The Morgan fingerprint density at radius 3 is 2.48 bits per heavy atom. The first kappa shape index (κ1) is 15.9. The second kappa shape index (κ2) is 6.13. The lowest BCUT2D eigenvalue weighted by molar-refractivity contribution is 0.0600. The van der Waals surface area contributed by atoms with E-state index in [2.05, 4.69) is 4.74 Å². The number of ether oxygens (including phenoxy) is 1. The van der Waals surface area contributed by atoms with Gasteiger partial charge in [-0.05, 0) is 43.5 Å². The molecule has 0 radical (unpaired) electrons. The zero-order valence-electron chi connectivity index (χ0n) is 12.2. The number of sulfonamides is 1. The molecule has 0 aromatic heterocycles. The number of esters is 1. The zero-order valence-corrected chi connectivity index (χ0v) is 13.0. The Labute approximate surface area is 124 Å². The van der Waals surface area contributed by atoms with E-state index in [4.69, 9.17) is 5.73 Å². The molecule has 0 saturated carbocycles. The summed E-state index contributed by atoms with van der Waals surface area (Å²) in [6.45, 7) is 2.56. The maximum absolute atomic E-state index is 12.6. The van der Waals surface area contributed by atoms with E-state index in [9.17, 15) is 13.2 Å². The SMILES string of the molecule is COC(=O)c1ccc(S(=O)(=O)N2CCC(N)CC2)cc1C. The van der Waals surface area contributed by atoms with Crippen LogP contribution in [-0.2, 0) is 14.8 Å². The zero-order chi connectivity index (χ0) is 15.6. The number of aryl methyl sites for hydroxylation is 1. The molecule has 0 aliphatic carbocycles. The van der Waals surface area contributed by atoms with Gasteiger partial charge in [0.2, 0.25) is 10.0 Å². The number of methoxy groups -OCH3 is 1. The molecule has 1 saturated heterocycles. The normalized spacial score (nSPS) is 17.7. The van der Waals surface area contributed by atoms with Crippen LogP contribution in [0.5, 0.6) is 0 Å². The molecule has 0 atom stereocenters.